The standard InChI is InChI=1S/C19H29ClN2O5S/c1-5-12-27-19-16(20)13-15(14-17(19)26-3)8-9-18(23)21-10-7-11-22(6-2)28(4,24)25/h8-9,13-14H,5-7,10-12H2,1-4H3,(H,21,23). The van der Waals surface area contributed by atoms with Crippen LogP contribution in [0.15, 0.2) is 18.2 Å². The normalized spacial score (nSPS) is 11.8. The van der Waals surface area contributed by atoms with Crippen molar-refractivity contribution in [2.75, 3.05) is 39.6 Å². The highest BCUT2D eigenvalue weighted by Crippen LogP contribution is 2.36. The number of rotatable bonds is 12. The van der Waals surface area contributed by atoms with Gasteiger partial charge in [-0.05, 0) is 36.6 Å². The molecule has 1 amide bonds. The molecule has 158 valence electrons. The van der Waals surface area contributed by atoms with Gasteiger partial charge in [-0.15, -0.1) is 0 Å². The number of benzene rings is 1. The van der Waals surface area contributed by atoms with E-state index in [0.717, 1.165) is 6.42 Å². The van der Waals surface area contributed by atoms with E-state index < -0.39 is 10.0 Å². The molecule has 7 nitrogen and oxygen atoms in total. The Bertz CT molecular complexity index is 781. The molecule has 0 aliphatic heterocycles. The molecule has 0 saturated carbocycles. The molecule has 1 rings (SSSR count). The minimum absolute atomic E-state index is 0.274. The van der Waals surface area contributed by atoms with Crippen LogP contribution in [-0.2, 0) is 14.8 Å². The van der Waals surface area contributed by atoms with Gasteiger partial charge in [0.05, 0.1) is 25.0 Å². The Balaban J connectivity index is 2.61. The Hall–Kier alpha value is -1.77. The number of ether oxygens (including phenoxy) is 2. The molecule has 1 N–H and O–H groups in total. The Morgan fingerprint density at radius 3 is 2.61 bits per heavy atom. The van der Waals surface area contributed by atoms with E-state index in [4.69, 9.17) is 21.1 Å². The van der Waals surface area contributed by atoms with Crippen LogP contribution >= 0.6 is 11.6 Å². The first-order valence-electron chi connectivity index (χ1n) is 9.14. The largest absolute Gasteiger partial charge is 0.493 e. The number of carbonyl (C=O) groups is 1. The summed E-state index contributed by atoms with van der Waals surface area (Å²) >= 11 is 6.25. The molecule has 0 unspecified atom stereocenters. The van der Waals surface area contributed by atoms with Gasteiger partial charge in [0.25, 0.3) is 0 Å². The summed E-state index contributed by atoms with van der Waals surface area (Å²) < 4.78 is 35.3. The third-order valence-corrected chi connectivity index (χ3v) is 5.49. The fraction of sp³-hybridized carbons (Fsp3) is 0.526. The number of amides is 1. The molecule has 0 bridgehead atoms. The van der Waals surface area contributed by atoms with E-state index >= 15 is 0 Å². The van der Waals surface area contributed by atoms with E-state index in [1.54, 1.807) is 25.1 Å². The van der Waals surface area contributed by atoms with Crippen LogP contribution in [0, 0.1) is 0 Å². The van der Waals surface area contributed by atoms with Gasteiger partial charge < -0.3 is 14.8 Å². The van der Waals surface area contributed by atoms with E-state index in [-0.39, 0.29) is 5.91 Å². The molecule has 1 aromatic rings. The predicted molar refractivity (Wildman–Crippen MR) is 113 cm³/mol. The van der Waals surface area contributed by atoms with Crippen molar-refractivity contribution >= 4 is 33.6 Å². The Labute approximate surface area is 172 Å². The van der Waals surface area contributed by atoms with Crippen molar-refractivity contribution in [2.24, 2.45) is 0 Å². The summed E-state index contributed by atoms with van der Waals surface area (Å²) in [6.07, 6.45) is 5.58. The van der Waals surface area contributed by atoms with Gasteiger partial charge in [0.2, 0.25) is 15.9 Å². The molecule has 0 heterocycles. The predicted octanol–water partition coefficient (Wildman–Crippen LogP) is 2.94. The molecule has 0 radical (unpaired) electrons. The molecule has 0 saturated heterocycles. The third-order valence-electron chi connectivity index (χ3n) is 3.83. The summed E-state index contributed by atoms with van der Waals surface area (Å²) in [7, 11) is -1.68. The lowest BCUT2D eigenvalue weighted by Crippen LogP contribution is -2.33. The van der Waals surface area contributed by atoms with Crippen molar-refractivity contribution < 1.29 is 22.7 Å². The summed E-state index contributed by atoms with van der Waals surface area (Å²) in [6, 6.07) is 3.44. The molecule has 9 heteroatoms. The highest BCUT2D eigenvalue weighted by molar-refractivity contribution is 7.88. The monoisotopic (exact) mass is 432 g/mol. The SMILES string of the molecule is CCCOc1c(Cl)cc(C=CC(=O)NCCCN(CC)S(C)(=O)=O)cc1OC. The van der Waals surface area contributed by atoms with Crippen molar-refractivity contribution in [1.29, 1.82) is 0 Å². The fourth-order valence-electron chi connectivity index (χ4n) is 2.44. The summed E-state index contributed by atoms with van der Waals surface area (Å²) in [5.74, 6) is 0.712. The van der Waals surface area contributed by atoms with E-state index in [9.17, 15) is 13.2 Å². The van der Waals surface area contributed by atoms with E-state index in [1.807, 2.05) is 6.92 Å². The quantitative estimate of drug-likeness (QED) is 0.405. The van der Waals surface area contributed by atoms with Crippen LogP contribution in [-0.4, -0.2) is 58.2 Å². The van der Waals surface area contributed by atoms with Crippen LogP contribution in [0.5, 0.6) is 11.5 Å². The van der Waals surface area contributed by atoms with Crippen LogP contribution in [0.2, 0.25) is 5.02 Å². The molecule has 0 aliphatic carbocycles. The molecular formula is C19H29ClN2O5S. The second-order valence-corrected chi connectivity index (χ2v) is 8.50. The molecule has 0 aromatic heterocycles. The van der Waals surface area contributed by atoms with Crippen molar-refractivity contribution in [3.63, 3.8) is 0 Å². The van der Waals surface area contributed by atoms with Crippen molar-refractivity contribution in [2.45, 2.75) is 26.7 Å². The number of sulfonamides is 1. The minimum atomic E-state index is -3.21. The van der Waals surface area contributed by atoms with Crippen LogP contribution < -0.4 is 14.8 Å². The summed E-state index contributed by atoms with van der Waals surface area (Å²) in [5.41, 5.74) is 0.704. The maximum Gasteiger partial charge on any atom is 0.243 e. The molecule has 28 heavy (non-hydrogen) atoms. The zero-order valence-electron chi connectivity index (χ0n) is 16.8. The number of nitrogens with zero attached hydrogens (tertiary/aromatic N) is 1. The lowest BCUT2D eigenvalue weighted by atomic mass is 10.2. The number of methoxy groups -OCH3 is 1. The van der Waals surface area contributed by atoms with Crippen LogP contribution in [0.4, 0.5) is 0 Å². The van der Waals surface area contributed by atoms with Gasteiger partial charge in [0, 0.05) is 25.7 Å². The lowest BCUT2D eigenvalue weighted by molar-refractivity contribution is -0.116. The Morgan fingerprint density at radius 2 is 2.04 bits per heavy atom. The minimum Gasteiger partial charge on any atom is -0.493 e. The molecule has 0 spiro atoms. The van der Waals surface area contributed by atoms with Crippen molar-refractivity contribution in [3.8, 4) is 11.5 Å². The van der Waals surface area contributed by atoms with Crippen molar-refractivity contribution in [3.05, 3.63) is 28.8 Å². The van der Waals surface area contributed by atoms with Crippen LogP contribution in [0.1, 0.15) is 32.3 Å². The molecule has 0 aliphatic rings. The smallest absolute Gasteiger partial charge is 0.243 e. The number of halogens is 1. The van der Waals surface area contributed by atoms with Crippen molar-refractivity contribution in [1.82, 2.24) is 9.62 Å². The van der Waals surface area contributed by atoms with Crippen LogP contribution in [0.3, 0.4) is 0 Å². The zero-order valence-corrected chi connectivity index (χ0v) is 18.4. The average molecular weight is 433 g/mol. The van der Waals surface area contributed by atoms with Gasteiger partial charge in [0.15, 0.2) is 11.5 Å². The highest BCUT2D eigenvalue weighted by atomic mass is 35.5. The van der Waals surface area contributed by atoms with E-state index in [1.165, 1.54) is 23.7 Å². The van der Waals surface area contributed by atoms with Gasteiger partial charge in [-0.2, -0.15) is 0 Å². The van der Waals surface area contributed by atoms with Gasteiger partial charge in [-0.25, -0.2) is 12.7 Å². The first-order valence-corrected chi connectivity index (χ1v) is 11.4. The zero-order chi connectivity index (χ0) is 21.2. The number of hydrogen-bond acceptors (Lipinski definition) is 5. The second kappa shape index (κ2) is 11.9. The number of nitrogens with one attached hydrogen (secondary N) is 1. The van der Waals surface area contributed by atoms with Gasteiger partial charge in [-0.3, -0.25) is 4.79 Å². The topological polar surface area (TPSA) is 84.9 Å². The molecule has 1 aromatic carbocycles. The van der Waals surface area contributed by atoms with E-state index in [0.29, 0.717) is 54.7 Å². The number of carbonyl (C=O) groups excluding carboxylic acids is 1. The van der Waals surface area contributed by atoms with E-state index in [2.05, 4.69) is 5.32 Å². The summed E-state index contributed by atoms with van der Waals surface area (Å²) in [5, 5.41) is 3.14. The fourth-order valence-corrected chi connectivity index (χ4v) is 3.64. The van der Waals surface area contributed by atoms with Gasteiger partial charge in [0.1, 0.15) is 0 Å². The second-order valence-electron chi connectivity index (χ2n) is 6.12. The number of hydrogen-bond donors (Lipinski definition) is 1. The van der Waals surface area contributed by atoms with Gasteiger partial charge >= 0.3 is 0 Å². The summed E-state index contributed by atoms with van der Waals surface area (Å²) in [4.78, 5) is 12.0. The molecular weight excluding hydrogens is 404 g/mol. The average Bonchev–Trinajstić information content (AvgIpc) is 2.63. The first kappa shape index (κ1) is 24.3. The van der Waals surface area contributed by atoms with Crippen LogP contribution in [0.25, 0.3) is 6.08 Å². The van der Waals surface area contributed by atoms with Gasteiger partial charge in [-0.1, -0.05) is 25.4 Å². The Morgan fingerprint density at radius 1 is 1.32 bits per heavy atom. The lowest BCUT2D eigenvalue weighted by Gasteiger charge is -2.17. The third kappa shape index (κ3) is 8.08. The maximum atomic E-state index is 12.0. The molecule has 0 atom stereocenters. The molecule has 0 fully saturated rings. The first-order chi connectivity index (χ1) is 13.2. The summed E-state index contributed by atoms with van der Waals surface area (Å²) in [6.45, 7) is 5.46. The Kier molecular flexibility index (Phi) is 10.3. The maximum absolute atomic E-state index is 12.0. The highest BCUT2D eigenvalue weighted by Gasteiger charge is 2.13.